The van der Waals surface area contributed by atoms with E-state index in [0.717, 1.165) is 41.1 Å². The van der Waals surface area contributed by atoms with Crippen LogP contribution in [0.15, 0.2) is 72.9 Å². The fourth-order valence-electron chi connectivity index (χ4n) is 5.46. The summed E-state index contributed by atoms with van der Waals surface area (Å²) >= 11 is 5.98. The van der Waals surface area contributed by atoms with Crippen LogP contribution in [0, 0.1) is 0 Å². The Kier molecular flexibility index (Phi) is 6.77. The van der Waals surface area contributed by atoms with Gasteiger partial charge >= 0.3 is 0 Å². The van der Waals surface area contributed by atoms with Gasteiger partial charge in [0.15, 0.2) is 0 Å². The Labute approximate surface area is 222 Å². The number of nitrogens with zero attached hydrogens (tertiary/aromatic N) is 4. The van der Waals surface area contributed by atoms with E-state index < -0.39 is 0 Å². The molecule has 6 rings (SSSR count). The third-order valence-electron chi connectivity index (χ3n) is 7.56. The molecule has 4 aromatic rings. The highest BCUT2D eigenvalue weighted by atomic mass is 35.5. The van der Waals surface area contributed by atoms with Gasteiger partial charge in [-0.1, -0.05) is 35.9 Å². The number of amides is 1. The molecule has 188 valence electrons. The van der Waals surface area contributed by atoms with Crippen molar-refractivity contribution in [1.82, 2.24) is 14.9 Å². The molecular formula is C30H30ClN5O. The molecule has 0 aliphatic carbocycles. The third-order valence-corrected chi connectivity index (χ3v) is 7.81. The van der Waals surface area contributed by atoms with Gasteiger partial charge in [-0.3, -0.25) is 9.78 Å². The molecule has 0 bridgehead atoms. The van der Waals surface area contributed by atoms with Crippen molar-refractivity contribution in [2.24, 2.45) is 0 Å². The number of likely N-dealkylation sites (tertiary alicyclic amines) is 1. The van der Waals surface area contributed by atoms with Gasteiger partial charge in [0.2, 0.25) is 0 Å². The summed E-state index contributed by atoms with van der Waals surface area (Å²) in [4.78, 5) is 27.4. The molecule has 2 fully saturated rings. The summed E-state index contributed by atoms with van der Waals surface area (Å²) in [5, 5.41) is 3.69. The predicted molar refractivity (Wildman–Crippen MR) is 150 cm³/mol. The third kappa shape index (κ3) is 5.31. The number of halogens is 1. The zero-order valence-corrected chi connectivity index (χ0v) is 21.5. The Morgan fingerprint density at radius 3 is 2.22 bits per heavy atom. The topological polar surface area (TPSA) is 61.4 Å². The van der Waals surface area contributed by atoms with Gasteiger partial charge in [0.25, 0.3) is 5.91 Å². The number of nitrogens with one attached hydrogen (secondary N) is 1. The van der Waals surface area contributed by atoms with Crippen molar-refractivity contribution in [3.63, 3.8) is 0 Å². The summed E-state index contributed by atoms with van der Waals surface area (Å²) in [7, 11) is 0. The van der Waals surface area contributed by atoms with Crippen LogP contribution in [-0.4, -0.2) is 53.0 Å². The number of piperidine rings is 1. The molecule has 0 saturated carbocycles. The van der Waals surface area contributed by atoms with Crippen molar-refractivity contribution in [1.29, 1.82) is 0 Å². The minimum atomic E-state index is -0.160. The number of carbonyl (C=O) groups is 1. The first-order valence-electron chi connectivity index (χ1n) is 13.1. The SMILES string of the molecule is O=C(Nc1ccc2nc(N3CCC(N4CCCC4)CC3)cnc2c1)c1ccc(-c2ccc(Cl)cc2)cc1. The second kappa shape index (κ2) is 10.5. The monoisotopic (exact) mass is 511 g/mol. The van der Waals surface area contributed by atoms with Gasteiger partial charge in [0.05, 0.1) is 17.2 Å². The van der Waals surface area contributed by atoms with E-state index in [4.69, 9.17) is 16.6 Å². The van der Waals surface area contributed by atoms with E-state index in [9.17, 15) is 4.79 Å². The highest BCUT2D eigenvalue weighted by molar-refractivity contribution is 6.30. The van der Waals surface area contributed by atoms with E-state index in [1.807, 2.05) is 72.9 Å². The highest BCUT2D eigenvalue weighted by Crippen LogP contribution is 2.26. The van der Waals surface area contributed by atoms with Gasteiger partial charge in [-0.05, 0) is 92.4 Å². The smallest absolute Gasteiger partial charge is 0.255 e. The number of anilines is 2. The lowest BCUT2D eigenvalue weighted by molar-refractivity contribution is 0.102. The fourth-order valence-corrected chi connectivity index (χ4v) is 5.58. The lowest BCUT2D eigenvalue weighted by Crippen LogP contribution is -2.44. The summed E-state index contributed by atoms with van der Waals surface area (Å²) in [5.41, 5.74) is 4.99. The van der Waals surface area contributed by atoms with Crippen molar-refractivity contribution in [3.8, 4) is 11.1 Å². The average molecular weight is 512 g/mol. The van der Waals surface area contributed by atoms with Crippen molar-refractivity contribution >= 4 is 40.0 Å². The maximum absolute atomic E-state index is 12.9. The highest BCUT2D eigenvalue weighted by Gasteiger charge is 2.27. The van der Waals surface area contributed by atoms with Crippen LogP contribution in [0.2, 0.25) is 5.02 Å². The summed E-state index contributed by atoms with van der Waals surface area (Å²) in [6, 6.07) is 21.6. The summed E-state index contributed by atoms with van der Waals surface area (Å²) in [6.45, 7) is 4.56. The average Bonchev–Trinajstić information content (AvgIpc) is 3.49. The first-order chi connectivity index (χ1) is 18.1. The molecule has 0 unspecified atom stereocenters. The van der Waals surface area contributed by atoms with Crippen molar-refractivity contribution < 1.29 is 4.79 Å². The molecule has 0 radical (unpaired) electrons. The van der Waals surface area contributed by atoms with E-state index in [1.165, 1.54) is 38.8 Å². The van der Waals surface area contributed by atoms with E-state index in [2.05, 4.69) is 20.1 Å². The van der Waals surface area contributed by atoms with Gasteiger partial charge in [0, 0.05) is 35.4 Å². The largest absolute Gasteiger partial charge is 0.355 e. The van der Waals surface area contributed by atoms with Gasteiger partial charge in [-0.2, -0.15) is 0 Å². The van der Waals surface area contributed by atoms with E-state index >= 15 is 0 Å². The summed E-state index contributed by atoms with van der Waals surface area (Å²) < 4.78 is 0. The number of rotatable bonds is 5. The zero-order valence-electron chi connectivity index (χ0n) is 20.7. The minimum absolute atomic E-state index is 0.160. The van der Waals surface area contributed by atoms with Gasteiger partial charge in [0.1, 0.15) is 5.82 Å². The molecular weight excluding hydrogens is 482 g/mol. The number of hydrogen-bond donors (Lipinski definition) is 1. The van der Waals surface area contributed by atoms with Crippen molar-refractivity contribution in [2.75, 3.05) is 36.4 Å². The van der Waals surface area contributed by atoms with Crippen LogP contribution in [-0.2, 0) is 0 Å². The number of fused-ring (bicyclic) bond motifs is 1. The Hall–Kier alpha value is -3.48. The Morgan fingerprint density at radius 1 is 0.838 bits per heavy atom. The molecule has 37 heavy (non-hydrogen) atoms. The van der Waals surface area contributed by atoms with Crippen LogP contribution in [0.4, 0.5) is 11.5 Å². The molecule has 2 saturated heterocycles. The van der Waals surface area contributed by atoms with Crippen LogP contribution >= 0.6 is 11.6 Å². The summed E-state index contributed by atoms with van der Waals surface area (Å²) in [5.74, 6) is 0.775. The van der Waals surface area contributed by atoms with E-state index in [1.54, 1.807) is 0 Å². The minimum Gasteiger partial charge on any atom is -0.355 e. The number of carbonyl (C=O) groups excluding carboxylic acids is 1. The van der Waals surface area contributed by atoms with Crippen LogP contribution < -0.4 is 10.2 Å². The first kappa shape index (κ1) is 23.9. The molecule has 3 aromatic carbocycles. The molecule has 7 heteroatoms. The van der Waals surface area contributed by atoms with E-state index in [0.29, 0.717) is 22.3 Å². The standard InChI is InChI=1S/C30H30ClN5O/c31-24-9-7-22(8-10-24)21-3-5-23(6-4-21)30(37)33-25-11-12-27-28(19-25)32-20-29(34-27)36-17-13-26(14-18-36)35-15-1-2-16-35/h3-12,19-20,26H,1-2,13-18H2,(H,33,37). The fraction of sp³-hybridized carbons (Fsp3) is 0.300. The second-order valence-electron chi connectivity index (χ2n) is 9.93. The van der Waals surface area contributed by atoms with Crippen LogP contribution in [0.25, 0.3) is 22.2 Å². The Bertz CT molecular complexity index is 1390. The van der Waals surface area contributed by atoms with Crippen LogP contribution in [0.1, 0.15) is 36.0 Å². The molecule has 0 spiro atoms. The number of hydrogen-bond acceptors (Lipinski definition) is 5. The number of aromatic nitrogens is 2. The second-order valence-corrected chi connectivity index (χ2v) is 10.4. The predicted octanol–water partition coefficient (Wildman–Crippen LogP) is 6.27. The normalized spacial score (nSPS) is 16.8. The van der Waals surface area contributed by atoms with Gasteiger partial charge in [-0.25, -0.2) is 4.98 Å². The maximum Gasteiger partial charge on any atom is 0.255 e. The molecule has 2 aliphatic heterocycles. The quantitative estimate of drug-likeness (QED) is 0.342. The first-order valence-corrected chi connectivity index (χ1v) is 13.4. The molecule has 0 atom stereocenters. The van der Waals surface area contributed by atoms with Crippen LogP contribution in [0.3, 0.4) is 0 Å². The summed E-state index contributed by atoms with van der Waals surface area (Å²) in [6.07, 6.45) is 6.92. The molecule has 1 aromatic heterocycles. The van der Waals surface area contributed by atoms with Crippen molar-refractivity contribution in [2.45, 2.75) is 31.7 Å². The lowest BCUT2D eigenvalue weighted by atomic mass is 10.0. The lowest BCUT2D eigenvalue weighted by Gasteiger charge is -2.37. The maximum atomic E-state index is 12.9. The molecule has 3 heterocycles. The molecule has 1 N–H and O–H groups in total. The van der Waals surface area contributed by atoms with E-state index in [-0.39, 0.29) is 5.91 Å². The molecule has 6 nitrogen and oxygen atoms in total. The van der Waals surface area contributed by atoms with Gasteiger partial charge in [-0.15, -0.1) is 0 Å². The van der Waals surface area contributed by atoms with Crippen LogP contribution in [0.5, 0.6) is 0 Å². The number of benzene rings is 3. The van der Waals surface area contributed by atoms with Crippen molar-refractivity contribution in [3.05, 3.63) is 83.5 Å². The Balaban J connectivity index is 1.10. The molecule has 2 aliphatic rings. The van der Waals surface area contributed by atoms with Gasteiger partial charge < -0.3 is 15.1 Å². The Morgan fingerprint density at radius 2 is 1.51 bits per heavy atom. The zero-order chi connectivity index (χ0) is 25.2. The molecule has 1 amide bonds.